The zero-order chi connectivity index (χ0) is 11.8. The van der Waals surface area contributed by atoms with Crippen molar-refractivity contribution in [3.63, 3.8) is 0 Å². The van der Waals surface area contributed by atoms with Crippen LogP contribution in [0.1, 0.15) is 25.7 Å². The van der Waals surface area contributed by atoms with Crippen LogP contribution in [0.15, 0.2) is 24.3 Å². The molecule has 2 fully saturated rings. The Kier molecular flexibility index (Phi) is 2.71. The Morgan fingerprint density at radius 1 is 1.12 bits per heavy atom. The van der Waals surface area contributed by atoms with Crippen molar-refractivity contribution in [3.8, 4) is 5.75 Å². The van der Waals surface area contributed by atoms with Gasteiger partial charge in [0.05, 0.1) is 0 Å². The molecule has 0 amide bonds. The minimum absolute atomic E-state index is 0.382. The first-order valence-corrected chi connectivity index (χ1v) is 6.46. The van der Waals surface area contributed by atoms with Crippen molar-refractivity contribution in [2.24, 2.45) is 0 Å². The maximum Gasteiger partial charge on any atom is 0.119 e. The van der Waals surface area contributed by atoms with E-state index in [0.29, 0.717) is 6.10 Å². The number of nitrogen functional groups attached to an aromatic ring is 1. The zero-order valence-corrected chi connectivity index (χ0v) is 10.3. The SMILES string of the molecule is CN1[C@@H]2CC[C@H]1C[C@H](Oc1ccc(N)cc1)C2. The molecule has 0 aromatic heterocycles. The van der Waals surface area contributed by atoms with Gasteiger partial charge < -0.3 is 15.4 Å². The summed E-state index contributed by atoms with van der Waals surface area (Å²) in [5, 5.41) is 0. The van der Waals surface area contributed by atoms with Gasteiger partial charge in [-0.25, -0.2) is 0 Å². The Morgan fingerprint density at radius 2 is 1.71 bits per heavy atom. The van der Waals surface area contributed by atoms with E-state index in [4.69, 9.17) is 10.5 Å². The number of anilines is 1. The van der Waals surface area contributed by atoms with Gasteiger partial charge in [0.15, 0.2) is 0 Å². The van der Waals surface area contributed by atoms with Gasteiger partial charge in [-0.05, 0) is 57.0 Å². The van der Waals surface area contributed by atoms with Crippen molar-refractivity contribution < 1.29 is 4.74 Å². The van der Waals surface area contributed by atoms with Gasteiger partial charge >= 0.3 is 0 Å². The number of fused-ring (bicyclic) bond motifs is 2. The van der Waals surface area contributed by atoms with Gasteiger partial charge in [0, 0.05) is 17.8 Å². The molecular weight excluding hydrogens is 212 g/mol. The highest BCUT2D eigenvalue weighted by Gasteiger charge is 2.39. The van der Waals surface area contributed by atoms with E-state index in [-0.39, 0.29) is 0 Å². The molecule has 1 aromatic carbocycles. The fourth-order valence-corrected chi connectivity index (χ4v) is 3.20. The minimum atomic E-state index is 0.382. The number of piperidine rings is 1. The maximum absolute atomic E-state index is 6.06. The molecule has 0 spiro atoms. The predicted octanol–water partition coefficient (Wildman–Crippen LogP) is 2.27. The van der Waals surface area contributed by atoms with Crippen LogP contribution in [0.25, 0.3) is 0 Å². The summed E-state index contributed by atoms with van der Waals surface area (Å²) in [5.41, 5.74) is 6.46. The van der Waals surface area contributed by atoms with Crippen molar-refractivity contribution in [1.29, 1.82) is 0 Å². The monoisotopic (exact) mass is 232 g/mol. The average molecular weight is 232 g/mol. The van der Waals surface area contributed by atoms with Crippen LogP contribution in [0, 0.1) is 0 Å². The third kappa shape index (κ3) is 2.12. The lowest BCUT2D eigenvalue weighted by molar-refractivity contribution is 0.0662. The highest BCUT2D eigenvalue weighted by Crippen LogP contribution is 2.35. The summed E-state index contributed by atoms with van der Waals surface area (Å²) >= 11 is 0. The van der Waals surface area contributed by atoms with Gasteiger partial charge in [-0.15, -0.1) is 0 Å². The molecule has 0 aliphatic carbocycles. The highest BCUT2D eigenvalue weighted by molar-refractivity contribution is 5.41. The quantitative estimate of drug-likeness (QED) is 0.795. The van der Waals surface area contributed by atoms with E-state index in [2.05, 4.69) is 11.9 Å². The molecule has 3 heteroatoms. The molecule has 2 aliphatic rings. The number of ether oxygens (including phenoxy) is 1. The van der Waals surface area contributed by atoms with Crippen LogP contribution >= 0.6 is 0 Å². The molecule has 3 nitrogen and oxygen atoms in total. The Bertz CT molecular complexity index is 376. The highest BCUT2D eigenvalue weighted by atomic mass is 16.5. The largest absolute Gasteiger partial charge is 0.490 e. The van der Waals surface area contributed by atoms with Gasteiger partial charge in [-0.3, -0.25) is 0 Å². The summed E-state index contributed by atoms with van der Waals surface area (Å²) in [6.45, 7) is 0. The van der Waals surface area contributed by atoms with E-state index in [1.165, 1.54) is 12.8 Å². The van der Waals surface area contributed by atoms with E-state index in [1.807, 2.05) is 24.3 Å². The summed E-state index contributed by atoms with van der Waals surface area (Å²) in [4.78, 5) is 2.53. The van der Waals surface area contributed by atoms with Crippen LogP contribution in [0.5, 0.6) is 5.75 Å². The molecular formula is C14H20N2O. The average Bonchev–Trinajstić information content (AvgIpc) is 2.55. The van der Waals surface area contributed by atoms with E-state index >= 15 is 0 Å². The smallest absolute Gasteiger partial charge is 0.119 e. The van der Waals surface area contributed by atoms with Crippen molar-refractivity contribution in [2.75, 3.05) is 12.8 Å². The fourth-order valence-electron chi connectivity index (χ4n) is 3.20. The predicted molar refractivity (Wildman–Crippen MR) is 69.1 cm³/mol. The van der Waals surface area contributed by atoms with Crippen molar-refractivity contribution in [3.05, 3.63) is 24.3 Å². The van der Waals surface area contributed by atoms with Gasteiger partial charge in [-0.2, -0.15) is 0 Å². The van der Waals surface area contributed by atoms with Gasteiger partial charge in [0.1, 0.15) is 11.9 Å². The molecule has 2 N–H and O–H groups in total. The molecule has 92 valence electrons. The van der Waals surface area contributed by atoms with Gasteiger partial charge in [0.2, 0.25) is 0 Å². The number of nitrogens with two attached hydrogens (primary N) is 1. The molecule has 2 aliphatic heterocycles. The molecule has 2 bridgehead atoms. The van der Waals surface area contributed by atoms with E-state index in [9.17, 15) is 0 Å². The van der Waals surface area contributed by atoms with Crippen LogP contribution in [0.3, 0.4) is 0 Å². The second-order valence-corrected chi connectivity index (χ2v) is 5.33. The molecule has 0 saturated carbocycles. The van der Waals surface area contributed by atoms with Crippen LogP contribution in [0.4, 0.5) is 5.69 Å². The van der Waals surface area contributed by atoms with Crippen molar-refractivity contribution in [1.82, 2.24) is 4.90 Å². The number of nitrogens with zero attached hydrogens (tertiary/aromatic N) is 1. The van der Waals surface area contributed by atoms with Crippen LogP contribution < -0.4 is 10.5 Å². The van der Waals surface area contributed by atoms with Crippen molar-refractivity contribution >= 4 is 5.69 Å². The standard InChI is InChI=1S/C14H20N2O/c1-16-11-4-5-12(16)9-14(8-11)17-13-6-2-10(15)3-7-13/h2-3,6-7,11-12,14H,4-5,8-9,15H2,1H3/t11-,12+,14-. The minimum Gasteiger partial charge on any atom is -0.490 e. The zero-order valence-electron chi connectivity index (χ0n) is 10.3. The van der Waals surface area contributed by atoms with Crippen LogP contribution in [0.2, 0.25) is 0 Å². The first kappa shape index (κ1) is 10.9. The second kappa shape index (κ2) is 4.22. The number of hydrogen-bond donors (Lipinski definition) is 1. The molecule has 3 rings (SSSR count). The lowest BCUT2D eigenvalue weighted by atomic mass is 10.0. The van der Waals surface area contributed by atoms with Crippen molar-refractivity contribution in [2.45, 2.75) is 43.9 Å². The van der Waals surface area contributed by atoms with E-state index in [1.54, 1.807) is 0 Å². The fraction of sp³-hybridized carbons (Fsp3) is 0.571. The van der Waals surface area contributed by atoms with Crippen LogP contribution in [-0.4, -0.2) is 30.1 Å². The normalized spacial score (nSPS) is 32.6. The Hall–Kier alpha value is -1.22. The summed E-state index contributed by atoms with van der Waals surface area (Å²) in [6, 6.07) is 9.20. The Labute approximate surface area is 103 Å². The molecule has 2 saturated heterocycles. The summed E-state index contributed by atoms with van der Waals surface area (Å²) in [7, 11) is 2.25. The summed E-state index contributed by atoms with van der Waals surface area (Å²) < 4.78 is 6.06. The third-order valence-electron chi connectivity index (χ3n) is 4.24. The van der Waals surface area contributed by atoms with Crippen LogP contribution in [-0.2, 0) is 0 Å². The molecule has 2 heterocycles. The van der Waals surface area contributed by atoms with Gasteiger partial charge in [0.25, 0.3) is 0 Å². The lowest BCUT2D eigenvalue weighted by Gasteiger charge is -2.36. The molecule has 3 atom stereocenters. The van der Waals surface area contributed by atoms with E-state index < -0.39 is 0 Å². The topological polar surface area (TPSA) is 38.5 Å². The number of rotatable bonds is 2. The van der Waals surface area contributed by atoms with Gasteiger partial charge in [-0.1, -0.05) is 0 Å². The number of benzene rings is 1. The lowest BCUT2D eigenvalue weighted by Crippen LogP contribution is -2.43. The molecule has 0 unspecified atom stereocenters. The first-order chi connectivity index (χ1) is 8.22. The first-order valence-electron chi connectivity index (χ1n) is 6.46. The summed E-state index contributed by atoms with van der Waals surface area (Å²) in [6.07, 6.45) is 5.38. The molecule has 17 heavy (non-hydrogen) atoms. The maximum atomic E-state index is 6.06. The Balaban J connectivity index is 1.65. The molecule has 1 aromatic rings. The summed E-state index contributed by atoms with van der Waals surface area (Å²) in [5.74, 6) is 0.952. The molecule has 0 radical (unpaired) electrons. The Morgan fingerprint density at radius 3 is 2.29 bits per heavy atom. The number of hydrogen-bond acceptors (Lipinski definition) is 3. The second-order valence-electron chi connectivity index (χ2n) is 5.33. The van der Waals surface area contributed by atoms with E-state index in [0.717, 1.165) is 36.4 Å². The third-order valence-corrected chi connectivity index (χ3v) is 4.24.